The van der Waals surface area contributed by atoms with E-state index in [1.165, 1.54) is 11.8 Å². The van der Waals surface area contributed by atoms with Crippen LogP contribution in [0.3, 0.4) is 0 Å². The average molecular weight is 543 g/mol. The van der Waals surface area contributed by atoms with Gasteiger partial charge in [-0.05, 0) is 59.8 Å². The van der Waals surface area contributed by atoms with Crippen molar-refractivity contribution in [2.24, 2.45) is 4.99 Å². The van der Waals surface area contributed by atoms with E-state index in [9.17, 15) is 4.79 Å². The lowest BCUT2D eigenvalue weighted by molar-refractivity contribution is -0.115. The van der Waals surface area contributed by atoms with Gasteiger partial charge in [-0.1, -0.05) is 59.1 Å². The molecule has 0 bridgehead atoms. The van der Waals surface area contributed by atoms with Gasteiger partial charge in [-0.2, -0.15) is 0 Å². The van der Waals surface area contributed by atoms with Crippen molar-refractivity contribution >= 4 is 80.3 Å². The van der Waals surface area contributed by atoms with Gasteiger partial charge in [-0.25, -0.2) is 4.99 Å². The third-order valence-corrected chi connectivity index (χ3v) is 7.21. The SMILES string of the molecule is COc1ccc(Cl)cc1N=C1NC(=O)/C(=C/c2cn(Cc3ccc(Cl)cc3Cl)c3ccccc23)S1. The minimum atomic E-state index is -0.215. The number of methoxy groups -OCH3 is 1. The number of halogens is 3. The number of benzene rings is 3. The van der Waals surface area contributed by atoms with Gasteiger partial charge in [0.15, 0.2) is 5.17 Å². The summed E-state index contributed by atoms with van der Waals surface area (Å²) >= 11 is 19.8. The third kappa shape index (κ3) is 5.07. The number of para-hydroxylation sites is 1. The lowest BCUT2D eigenvalue weighted by atomic mass is 10.1. The Morgan fingerprint density at radius 2 is 1.83 bits per heavy atom. The van der Waals surface area contributed by atoms with Crippen LogP contribution in [-0.4, -0.2) is 22.8 Å². The Labute approximate surface area is 221 Å². The Morgan fingerprint density at radius 1 is 1.06 bits per heavy atom. The fourth-order valence-corrected chi connectivity index (χ4v) is 5.30. The molecule has 1 N–H and O–H groups in total. The summed E-state index contributed by atoms with van der Waals surface area (Å²) in [6, 6.07) is 18.7. The van der Waals surface area contributed by atoms with E-state index in [2.05, 4.69) is 14.9 Å². The highest BCUT2D eigenvalue weighted by molar-refractivity contribution is 8.18. The van der Waals surface area contributed by atoms with Gasteiger partial charge in [-0.3, -0.25) is 4.79 Å². The normalized spacial score (nSPS) is 15.8. The lowest BCUT2D eigenvalue weighted by Crippen LogP contribution is -2.19. The number of nitrogens with one attached hydrogen (secondary N) is 1. The number of aromatic nitrogens is 1. The van der Waals surface area contributed by atoms with Crippen molar-refractivity contribution in [2.75, 3.05) is 7.11 Å². The number of nitrogens with zero attached hydrogens (tertiary/aromatic N) is 2. The van der Waals surface area contributed by atoms with Crippen LogP contribution in [0.15, 0.2) is 76.8 Å². The maximum absolute atomic E-state index is 12.7. The predicted octanol–water partition coefficient (Wildman–Crippen LogP) is 7.55. The number of hydrogen-bond donors (Lipinski definition) is 1. The summed E-state index contributed by atoms with van der Waals surface area (Å²) in [7, 11) is 1.56. The summed E-state index contributed by atoms with van der Waals surface area (Å²) in [6.07, 6.45) is 3.89. The molecular formula is C26H18Cl3N3O2S. The highest BCUT2D eigenvalue weighted by Crippen LogP contribution is 2.35. The standard InChI is InChI=1S/C26H18Cl3N3O2S/c1-34-23-9-8-18(28)12-21(23)30-26-31-25(33)24(35-26)10-16-14-32(22-5-3-2-4-19(16)22)13-15-6-7-17(27)11-20(15)29/h2-12,14H,13H2,1H3,(H,30,31,33)/b24-10-. The van der Waals surface area contributed by atoms with Crippen molar-refractivity contribution in [1.82, 2.24) is 9.88 Å². The Hall–Kier alpha value is -2.90. The largest absolute Gasteiger partial charge is 0.494 e. The van der Waals surface area contributed by atoms with Crippen molar-refractivity contribution in [2.45, 2.75) is 6.54 Å². The molecule has 0 radical (unpaired) electrons. The number of fused-ring (bicyclic) bond motifs is 1. The second kappa shape index (κ2) is 9.99. The van der Waals surface area contributed by atoms with E-state index in [0.717, 1.165) is 22.0 Å². The molecule has 35 heavy (non-hydrogen) atoms. The number of amides is 1. The monoisotopic (exact) mass is 541 g/mol. The summed E-state index contributed by atoms with van der Waals surface area (Å²) in [5.74, 6) is 0.352. The number of carbonyl (C=O) groups is 1. The maximum Gasteiger partial charge on any atom is 0.264 e. The predicted molar refractivity (Wildman–Crippen MR) is 146 cm³/mol. The Kier molecular flexibility index (Phi) is 6.80. The fourth-order valence-electron chi connectivity index (χ4n) is 3.84. The number of ether oxygens (including phenoxy) is 1. The summed E-state index contributed by atoms with van der Waals surface area (Å²) in [5.41, 5.74) is 3.45. The van der Waals surface area contributed by atoms with E-state index in [1.54, 1.807) is 31.4 Å². The van der Waals surface area contributed by atoms with Gasteiger partial charge >= 0.3 is 0 Å². The molecule has 3 aromatic carbocycles. The molecule has 2 heterocycles. The highest BCUT2D eigenvalue weighted by atomic mass is 35.5. The number of thioether (sulfide) groups is 1. The number of hydrogen-bond acceptors (Lipinski definition) is 4. The zero-order valence-corrected chi connectivity index (χ0v) is 21.5. The van der Waals surface area contributed by atoms with Crippen LogP contribution in [0.4, 0.5) is 5.69 Å². The molecule has 5 rings (SSSR count). The molecular weight excluding hydrogens is 525 g/mol. The first kappa shape index (κ1) is 23.8. The Balaban J connectivity index is 1.48. The smallest absolute Gasteiger partial charge is 0.264 e. The second-order valence-electron chi connectivity index (χ2n) is 7.76. The van der Waals surface area contributed by atoms with Gasteiger partial charge in [0.05, 0.1) is 12.0 Å². The van der Waals surface area contributed by atoms with Gasteiger partial charge in [0.25, 0.3) is 5.91 Å². The summed E-state index contributed by atoms with van der Waals surface area (Å²) in [6.45, 7) is 0.570. The molecule has 5 nitrogen and oxygen atoms in total. The van der Waals surface area contributed by atoms with E-state index >= 15 is 0 Å². The first-order chi connectivity index (χ1) is 16.9. The summed E-state index contributed by atoms with van der Waals surface area (Å²) in [5, 5.41) is 6.04. The molecule has 4 aromatic rings. The topological polar surface area (TPSA) is 55.6 Å². The van der Waals surface area contributed by atoms with Crippen LogP contribution in [0.5, 0.6) is 5.75 Å². The molecule has 0 spiro atoms. The molecule has 9 heteroatoms. The maximum atomic E-state index is 12.7. The number of amidine groups is 1. The van der Waals surface area contributed by atoms with Crippen LogP contribution < -0.4 is 10.1 Å². The zero-order valence-electron chi connectivity index (χ0n) is 18.4. The molecule has 0 atom stereocenters. The van der Waals surface area contributed by atoms with Crippen molar-refractivity contribution in [3.05, 3.63) is 98.0 Å². The minimum absolute atomic E-state index is 0.215. The second-order valence-corrected chi connectivity index (χ2v) is 10.1. The van der Waals surface area contributed by atoms with Gasteiger partial charge in [0.1, 0.15) is 11.4 Å². The van der Waals surface area contributed by atoms with Gasteiger partial charge in [0, 0.05) is 44.3 Å². The van der Waals surface area contributed by atoms with Crippen LogP contribution in [0.2, 0.25) is 15.1 Å². The van der Waals surface area contributed by atoms with Crippen molar-refractivity contribution in [3.63, 3.8) is 0 Å². The molecule has 1 amide bonds. The molecule has 0 saturated carbocycles. The Bertz CT molecular complexity index is 1530. The van der Waals surface area contributed by atoms with Gasteiger partial charge < -0.3 is 14.6 Å². The van der Waals surface area contributed by atoms with Crippen LogP contribution >= 0.6 is 46.6 Å². The first-order valence-electron chi connectivity index (χ1n) is 10.6. The Morgan fingerprint density at radius 3 is 2.63 bits per heavy atom. The molecule has 1 fully saturated rings. The van der Waals surface area contributed by atoms with E-state index < -0.39 is 0 Å². The van der Waals surface area contributed by atoms with Crippen LogP contribution in [-0.2, 0) is 11.3 Å². The molecule has 0 unspecified atom stereocenters. The van der Waals surface area contributed by atoms with E-state index in [4.69, 9.17) is 39.5 Å². The first-order valence-corrected chi connectivity index (χ1v) is 12.5. The van der Waals surface area contributed by atoms with Crippen molar-refractivity contribution < 1.29 is 9.53 Å². The summed E-state index contributed by atoms with van der Waals surface area (Å²) in [4.78, 5) is 17.8. The highest BCUT2D eigenvalue weighted by Gasteiger charge is 2.25. The molecule has 1 aliphatic rings. The molecule has 176 valence electrons. The third-order valence-electron chi connectivity index (χ3n) is 5.48. The molecule has 1 saturated heterocycles. The molecule has 0 aliphatic carbocycles. The van der Waals surface area contributed by atoms with E-state index in [-0.39, 0.29) is 5.91 Å². The lowest BCUT2D eigenvalue weighted by Gasteiger charge is -2.08. The van der Waals surface area contributed by atoms with Crippen LogP contribution in [0.1, 0.15) is 11.1 Å². The van der Waals surface area contributed by atoms with E-state index in [1.807, 2.05) is 48.7 Å². The quantitative estimate of drug-likeness (QED) is 0.265. The number of rotatable bonds is 5. The van der Waals surface area contributed by atoms with Crippen molar-refractivity contribution in [1.29, 1.82) is 0 Å². The minimum Gasteiger partial charge on any atom is -0.494 e. The number of aliphatic imine (C=N–C) groups is 1. The van der Waals surface area contributed by atoms with Gasteiger partial charge in [-0.15, -0.1) is 0 Å². The fraction of sp³-hybridized carbons (Fsp3) is 0.0769. The molecule has 1 aromatic heterocycles. The summed E-state index contributed by atoms with van der Waals surface area (Å²) < 4.78 is 7.46. The zero-order chi connectivity index (χ0) is 24.5. The van der Waals surface area contributed by atoms with Crippen LogP contribution in [0.25, 0.3) is 17.0 Å². The van der Waals surface area contributed by atoms with Crippen molar-refractivity contribution in [3.8, 4) is 5.75 Å². The van der Waals surface area contributed by atoms with E-state index in [0.29, 0.717) is 43.1 Å². The number of carbonyl (C=O) groups excluding carboxylic acids is 1. The average Bonchev–Trinajstić information content (AvgIpc) is 3.35. The van der Waals surface area contributed by atoms with Gasteiger partial charge in [0.2, 0.25) is 0 Å². The molecule has 1 aliphatic heterocycles. The van der Waals surface area contributed by atoms with Crippen LogP contribution in [0, 0.1) is 0 Å².